The Bertz CT molecular complexity index is 1220. The zero-order valence-corrected chi connectivity index (χ0v) is 19.7. The molecule has 1 heterocycles. The minimum absolute atomic E-state index is 0.0924. The van der Waals surface area contributed by atoms with E-state index >= 15 is 0 Å². The molecular formula is C25H27N5O5. The Balaban J connectivity index is 1.37. The van der Waals surface area contributed by atoms with Gasteiger partial charge in [-0.3, -0.25) is 20.0 Å². The summed E-state index contributed by atoms with van der Waals surface area (Å²) in [6.45, 7) is 5.60. The molecular weight excluding hydrogens is 450 g/mol. The standard InChI is InChI=1S/C25H27N5O5/c1-25(2,3)19(12-20(31)32)26-22(33)21-27-23(30-29-21)28-24(34)35-13-18-16-10-6-4-8-14(16)15-9-5-7-11-17(15)18/h4-11,18-19H,12-13H2,1-3H3,(H,26,33)(H,31,32)(H2,27,28,29,30,34). The first kappa shape index (κ1) is 23.9. The Morgan fingerprint density at radius 3 is 2.23 bits per heavy atom. The van der Waals surface area contributed by atoms with E-state index in [0.29, 0.717) is 0 Å². The number of carboxylic acids is 1. The third-order valence-electron chi connectivity index (χ3n) is 5.99. The fraction of sp³-hybridized carbons (Fsp3) is 0.320. The molecule has 4 rings (SSSR count). The molecule has 0 radical (unpaired) electrons. The van der Waals surface area contributed by atoms with Gasteiger partial charge < -0.3 is 15.2 Å². The lowest BCUT2D eigenvalue weighted by Gasteiger charge is -2.29. The van der Waals surface area contributed by atoms with Crippen LogP contribution in [0.15, 0.2) is 48.5 Å². The number of hydrogen-bond acceptors (Lipinski definition) is 6. The maximum Gasteiger partial charge on any atom is 0.414 e. The Hall–Kier alpha value is -4.21. The first-order valence-electron chi connectivity index (χ1n) is 11.2. The summed E-state index contributed by atoms with van der Waals surface area (Å²) in [5.74, 6) is -2.03. The maximum atomic E-state index is 12.5. The van der Waals surface area contributed by atoms with Gasteiger partial charge >= 0.3 is 12.1 Å². The number of fused-ring (bicyclic) bond motifs is 3. The first-order valence-corrected chi connectivity index (χ1v) is 11.2. The number of aromatic amines is 1. The van der Waals surface area contributed by atoms with Crippen molar-refractivity contribution >= 4 is 23.9 Å². The Morgan fingerprint density at radius 1 is 1.06 bits per heavy atom. The van der Waals surface area contributed by atoms with Crippen molar-refractivity contribution in [3.8, 4) is 11.1 Å². The Labute approximate surface area is 202 Å². The number of anilines is 1. The molecule has 4 N–H and O–H groups in total. The summed E-state index contributed by atoms with van der Waals surface area (Å²) in [4.78, 5) is 40.1. The number of carbonyl (C=O) groups excluding carboxylic acids is 2. The van der Waals surface area contributed by atoms with Gasteiger partial charge in [0.15, 0.2) is 0 Å². The molecule has 0 bridgehead atoms. The molecule has 1 aliphatic rings. The van der Waals surface area contributed by atoms with Crippen LogP contribution in [0.3, 0.4) is 0 Å². The predicted molar refractivity (Wildman–Crippen MR) is 128 cm³/mol. The van der Waals surface area contributed by atoms with E-state index < -0.39 is 29.4 Å². The van der Waals surface area contributed by atoms with Crippen LogP contribution in [0.5, 0.6) is 0 Å². The van der Waals surface area contributed by atoms with E-state index in [9.17, 15) is 14.4 Å². The highest BCUT2D eigenvalue weighted by Gasteiger charge is 2.31. The second-order valence-electron chi connectivity index (χ2n) is 9.45. The molecule has 2 amide bonds. The van der Waals surface area contributed by atoms with Crippen molar-refractivity contribution in [2.24, 2.45) is 5.41 Å². The highest BCUT2D eigenvalue weighted by Crippen LogP contribution is 2.44. The van der Waals surface area contributed by atoms with Crippen LogP contribution in [0.2, 0.25) is 0 Å². The van der Waals surface area contributed by atoms with Crippen molar-refractivity contribution in [1.82, 2.24) is 20.5 Å². The van der Waals surface area contributed by atoms with Gasteiger partial charge in [-0.15, -0.1) is 5.10 Å². The second kappa shape index (κ2) is 9.57. The molecule has 35 heavy (non-hydrogen) atoms. The molecule has 0 saturated carbocycles. The van der Waals surface area contributed by atoms with Gasteiger partial charge in [0.05, 0.1) is 6.42 Å². The van der Waals surface area contributed by atoms with Crippen molar-refractivity contribution in [3.63, 3.8) is 0 Å². The molecule has 1 unspecified atom stereocenters. The highest BCUT2D eigenvalue weighted by atomic mass is 16.5. The summed E-state index contributed by atoms with van der Waals surface area (Å²) in [5, 5.41) is 20.5. The quantitative estimate of drug-likeness (QED) is 0.405. The van der Waals surface area contributed by atoms with Crippen LogP contribution in [0, 0.1) is 5.41 Å². The number of hydrogen-bond donors (Lipinski definition) is 4. The van der Waals surface area contributed by atoms with Crippen LogP contribution in [-0.2, 0) is 9.53 Å². The second-order valence-corrected chi connectivity index (χ2v) is 9.45. The SMILES string of the molecule is CC(C)(C)C(CC(=O)O)NC(=O)c1nc(NC(=O)OCC2c3ccccc3-c3ccccc32)n[nH]1. The van der Waals surface area contributed by atoms with Gasteiger partial charge in [0, 0.05) is 12.0 Å². The summed E-state index contributed by atoms with van der Waals surface area (Å²) in [5.41, 5.74) is 3.94. The maximum absolute atomic E-state index is 12.5. The van der Waals surface area contributed by atoms with Gasteiger partial charge in [0.2, 0.25) is 5.82 Å². The van der Waals surface area contributed by atoms with E-state index in [4.69, 9.17) is 9.84 Å². The van der Waals surface area contributed by atoms with E-state index in [2.05, 4.69) is 37.9 Å². The number of nitrogens with zero attached hydrogens (tertiary/aromatic N) is 2. The third kappa shape index (κ3) is 5.32. The lowest BCUT2D eigenvalue weighted by Crippen LogP contribution is -2.45. The van der Waals surface area contributed by atoms with Crippen molar-refractivity contribution in [1.29, 1.82) is 0 Å². The van der Waals surface area contributed by atoms with Crippen molar-refractivity contribution in [2.75, 3.05) is 11.9 Å². The molecule has 1 aliphatic carbocycles. The van der Waals surface area contributed by atoms with Gasteiger partial charge in [-0.2, -0.15) is 4.98 Å². The third-order valence-corrected chi connectivity index (χ3v) is 5.99. The highest BCUT2D eigenvalue weighted by molar-refractivity contribution is 5.92. The zero-order valence-electron chi connectivity index (χ0n) is 19.7. The molecule has 10 nitrogen and oxygen atoms in total. The number of aromatic nitrogens is 3. The topological polar surface area (TPSA) is 146 Å². The number of ether oxygens (including phenoxy) is 1. The fourth-order valence-electron chi connectivity index (χ4n) is 4.12. The summed E-state index contributed by atoms with van der Waals surface area (Å²) in [6, 6.07) is 15.4. The van der Waals surface area contributed by atoms with Gasteiger partial charge in [0.25, 0.3) is 11.9 Å². The summed E-state index contributed by atoms with van der Waals surface area (Å²) in [6.07, 6.45) is -0.995. The molecule has 0 spiro atoms. The van der Waals surface area contributed by atoms with E-state index in [1.165, 1.54) is 0 Å². The lowest BCUT2D eigenvalue weighted by molar-refractivity contribution is -0.138. The first-order chi connectivity index (χ1) is 16.6. The molecule has 3 aromatic rings. The van der Waals surface area contributed by atoms with Gasteiger partial charge in [0.1, 0.15) is 6.61 Å². The smallest absolute Gasteiger partial charge is 0.414 e. The minimum atomic E-state index is -1.03. The molecule has 0 fully saturated rings. The largest absolute Gasteiger partial charge is 0.481 e. The number of rotatable bonds is 7. The molecule has 1 aromatic heterocycles. The number of amides is 2. The van der Waals surface area contributed by atoms with Crippen LogP contribution in [0.4, 0.5) is 10.7 Å². The van der Waals surface area contributed by atoms with Gasteiger partial charge in [-0.05, 0) is 27.7 Å². The Morgan fingerprint density at radius 2 is 1.66 bits per heavy atom. The summed E-state index contributed by atoms with van der Waals surface area (Å²) < 4.78 is 5.46. The zero-order chi connectivity index (χ0) is 25.2. The summed E-state index contributed by atoms with van der Waals surface area (Å²) >= 11 is 0. The number of H-pyrrole nitrogens is 1. The van der Waals surface area contributed by atoms with Gasteiger partial charge in [-0.1, -0.05) is 69.3 Å². The molecule has 2 aromatic carbocycles. The van der Waals surface area contributed by atoms with Crippen LogP contribution in [0.25, 0.3) is 11.1 Å². The number of benzene rings is 2. The summed E-state index contributed by atoms with van der Waals surface area (Å²) in [7, 11) is 0. The van der Waals surface area contributed by atoms with Crippen LogP contribution in [-0.4, -0.2) is 50.9 Å². The number of nitrogens with one attached hydrogen (secondary N) is 3. The van der Waals surface area contributed by atoms with E-state index in [1.807, 2.05) is 57.2 Å². The minimum Gasteiger partial charge on any atom is -0.481 e. The number of carbonyl (C=O) groups is 3. The molecule has 0 saturated heterocycles. The van der Waals surface area contributed by atoms with Crippen molar-refractivity contribution < 1.29 is 24.2 Å². The van der Waals surface area contributed by atoms with Crippen LogP contribution >= 0.6 is 0 Å². The fourth-order valence-corrected chi connectivity index (χ4v) is 4.12. The average Bonchev–Trinajstić information content (AvgIpc) is 3.39. The average molecular weight is 478 g/mol. The number of aliphatic carboxylic acids is 1. The molecule has 10 heteroatoms. The lowest BCUT2D eigenvalue weighted by atomic mass is 9.84. The van der Waals surface area contributed by atoms with E-state index in [0.717, 1.165) is 22.3 Å². The predicted octanol–water partition coefficient (Wildman–Crippen LogP) is 3.78. The number of carboxylic acid groups (broad SMARTS) is 1. The van der Waals surface area contributed by atoms with Crippen molar-refractivity contribution in [2.45, 2.75) is 39.2 Å². The Kier molecular flexibility index (Phi) is 6.54. The molecule has 1 atom stereocenters. The normalized spacial score (nSPS) is 13.5. The van der Waals surface area contributed by atoms with E-state index in [1.54, 1.807) is 0 Å². The molecule has 182 valence electrons. The van der Waals surface area contributed by atoms with E-state index in [-0.39, 0.29) is 30.7 Å². The monoisotopic (exact) mass is 477 g/mol. The molecule has 0 aliphatic heterocycles. The van der Waals surface area contributed by atoms with Gasteiger partial charge in [-0.25, -0.2) is 4.79 Å². The van der Waals surface area contributed by atoms with Crippen LogP contribution in [0.1, 0.15) is 54.9 Å². The van der Waals surface area contributed by atoms with Crippen molar-refractivity contribution in [3.05, 3.63) is 65.5 Å². The van der Waals surface area contributed by atoms with Crippen LogP contribution < -0.4 is 10.6 Å².